The van der Waals surface area contributed by atoms with Crippen LogP contribution in [-0.2, 0) is 19.2 Å². The molecule has 0 radical (unpaired) electrons. The Morgan fingerprint density at radius 3 is 2.53 bits per heavy atom. The van der Waals surface area contributed by atoms with Crippen LogP contribution in [0.1, 0.15) is 13.8 Å². The van der Waals surface area contributed by atoms with E-state index in [1.54, 1.807) is 6.92 Å². The molecule has 1 N–H and O–H groups in total. The fraction of sp³-hybridized carbons (Fsp3) is 0.600. The van der Waals surface area contributed by atoms with Gasteiger partial charge in [-0.2, -0.15) is 10.6 Å². The molecule has 2 amide bonds. The average Bonchev–Trinajstić information content (AvgIpc) is 2.59. The first-order valence-electron chi connectivity index (χ1n) is 5.34. The molecule has 0 aromatic carbocycles. The van der Waals surface area contributed by atoms with E-state index in [9.17, 15) is 9.59 Å². The van der Waals surface area contributed by atoms with Crippen LogP contribution in [0.3, 0.4) is 0 Å². The lowest BCUT2D eigenvalue weighted by atomic mass is 9.93. The maximum atomic E-state index is 12.2. The van der Waals surface area contributed by atoms with Crippen molar-refractivity contribution in [2.24, 2.45) is 10.3 Å². The molecule has 0 saturated heterocycles. The number of oxime groups is 1. The number of amides is 2. The highest BCUT2D eigenvalue weighted by Crippen LogP contribution is 2.25. The number of carbonyl (C=O) groups is 2. The molecule has 1 heterocycles. The molecule has 0 aliphatic carbocycles. The van der Waals surface area contributed by atoms with Gasteiger partial charge in [0.1, 0.15) is 12.8 Å². The van der Waals surface area contributed by atoms with Gasteiger partial charge in [0.25, 0.3) is 11.5 Å². The molecular formula is C10H16N4O5. The van der Waals surface area contributed by atoms with Gasteiger partial charge < -0.3 is 9.57 Å². The highest BCUT2D eigenvalue weighted by Gasteiger charge is 2.54. The Hall–Kier alpha value is -2.16. The molecule has 1 rings (SSSR count). The highest BCUT2D eigenvalue weighted by molar-refractivity contribution is 6.31. The normalized spacial score (nSPS) is 23.2. The molecular weight excluding hydrogens is 256 g/mol. The van der Waals surface area contributed by atoms with Crippen molar-refractivity contribution in [1.82, 2.24) is 10.5 Å². The van der Waals surface area contributed by atoms with Crippen LogP contribution in [0.15, 0.2) is 10.3 Å². The summed E-state index contributed by atoms with van der Waals surface area (Å²) in [6.07, 6.45) is -0.847. The number of nitrogens with zero attached hydrogens (tertiary/aromatic N) is 3. The minimum absolute atomic E-state index is 0.196. The van der Waals surface area contributed by atoms with Gasteiger partial charge in [-0.05, 0) is 13.8 Å². The summed E-state index contributed by atoms with van der Waals surface area (Å²) >= 11 is 0. The number of hydrogen-bond acceptors (Lipinski definition) is 7. The number of methoxy groups -OCH3 is 1. The number of nitrogens with one attached hydrogen (secondary N) is 1. The van der Waals surface area contributed by atoms with Gasteiger partial charge in [0, 0.05) is 7.05 Å². The predicted octanol–water partition coefficient (Wildman–Crippen LogP) is -0.117. The first-order chi connectivity index (χ1) is 8.90. The largest absolute Gasteiger partial charge is 0.451 e. The Morgan fingerprint density at radius 1 is 1.47 bits per heavy atom. The lowest BCUT2D eigenvalue weighted by Gasteiger charge is -2.26. The Kier molecular flexibility index (Phi) is 4.43. The van der Waals surface area contributed by atoms with E-state index in [1.807, 2.05) is 5.48 Å². The first kappa shape index (κ1) is 14.9. The minimum Gasteiger partial charge on any atom is -0.451 e. The van der Waals surface area contributed by atoms with Crippen LogP contribution in [-0.4, -0.2) is 55.3 Å². The van der Waals surface area contributed by atoms with E-state index < -0.39 is 17.6 Å². The van der Waals surface area contributed by atoms with Gasteiger partial charge in [-0.1, -0.05) is 5.16 Å². The standard InChI is InChI=1S/C10H16N4O5/c1-6-10(7(2)12-18-5,8(15)14(3)11-6)19-13-9(16)17-4/h1-5H3,(H,13,16). The molecule has 1 aliphatic rings. The summed E-state index contributed by atoms with van der Waals surface area (Å²) in [5.74, 6) is -0.500. The molecule has 0 bridgehead atoms. The van der Waals surface area contributed by atoms with Crippen molar-refractivity contribution in [3.05, 3.63) is 0 Å². The van der Waals surface area contributed by atoms with Crippen LogP contribution in [0.2, 0.25) is 0 Å². The second-order valence-corrected chi connectivity index (χ2v) is 3.75. The van der Waals surface area contributed by atoms with Crippen molar-refractivity contribution in [2.45, 2.75) is 19.4 Å². The molecule has 9 heteroatoms. The molecule has 106 valence electrons. The number of hydrazone groups is 1. The number of ether oxygens (including phenoxy) is 1. The van der Waals surface area contributed by atoms with Crippen molar-refractivity contribution in [2.75, 3.05) is 21.3 Å². The molecule has 0 aromatic heterocycles. The molecule has 1 unspecified atom stereocenters. The Morgan fingerprint density at radius 2 is 2.11 bits per heavy atom. The fourth-order valence-electron chi connectivity index (χ4n) is 1.69. The fourth-order valence-corrected chi connectivity index (χ4v) is 1.69. The predicted molar refractivity (Wildman–Crippen MR) is 65.4 cm³/mol. The Bertz CT molecular complexity index is 447. The summed E-state index contributed by atoms with van der Waals surface area (Å²) in [6.45, 7) is 3.10. The van der Waals surface area contributed by atoms with E-state index in [4.69, 9.17) is 4.84 Å². The van der Waals surface area contributed by atoms with Crippen molar-refractivity contribution >= 4 is 23.4 Å². The highest BCUT2D eigenvalue weighted by atomic mass is 16.7. The Balaban J connectivity index is 3.12. The van der Waals surface area contributed by atoms with Crippen molar-refractivity contribution < 1.29 is 24.0 Å². The van der Waals surface area contributed by atoms with E-state index in [-0.39, 0.29) is 5.71 Å². The maximum Gasteiger partial charge on any atom is 0.431 e. The summed E-state index contributed by atoms with van der Waals surface area (Å²) in [5, 5.41) is 8.77. The molecule has 0 aromatic rings. The zero-order valence-electron chi connectivity index (χ0n) is 11.4. The van der Waals surface area contributed by atoms with Crippen LogP contribution in [0.5, 0.6) is 0 Å². The summed E-state index contributed by atoms with van der Waals surface area (Å²) < 4.78 is 4.38. The number of carbonyl (C=O) groups excluding carboxylic acids is 2. The zero-order valence-corrected chi connectivity index (χ0v) is 11.4. The lowest BCUT2D eigenvalue weighted by molar-refractivity contribution is -0.143. The van der Waals surface area contributed by atoms with E-state index in [0.717, 1.165) is 5.01 Å². The third kappa shape index (κ3) is 2.50. The van der Waals surface area contributed by atoms with Gasteiger partial charge in [-0.25, -0.2) is 14.6 Å². The second kappa shape index (κ2) is 5.65. The number of rotatable bonds is 4. The lowest BCUT2D eigenvalue weighted by Crippen LogP contribution is -2.56. The number of likely N-dealkylation sites (N-methyl/N-ethyl adjacent to an activating group) is 1. The van der Waals surface area contributed by atoms with E-state index in [2.05, 4.69) is 19.8 Å². The van der Waals surface area contributed by atoms with Gasteiger partial charge >= 0.3 is 6.09 Å². The molecule has 1 atom stereocenters. The van der Waals surface area contributed by atoms with Crippen molar-refractivity contribution in [3.8, 4) is 0 Å². The number of hydrogen-bond donors (Lipinski definition) is 1. The SMILES string of the molecule is CON=C(C)C1(ONC(=O)OC)C(=O)N(C)N=C1C. The monoisotopic (exact) mass is 272 g/mol. The van der Waals surface area contributed by atoms with Crippen molar-refractivity contribution in [1.29, 1.82) is 0 Å². The van der Waals surface area contributed by atoms with Crippen LogP contribution in [0.25, 0.3) is 0 Å². The van der Waals surface area contributed by atoms with Gasteiger partial charge in [0.15, 0.2) is 0 Å². The third-order valence-corrected chi connectivity index (χ3v) is 2.62. The van der Waals surface area contributed by atoms with E-state index in [0.29, 0.717) is 5.71 Å². The van der Waals surface area contributed by atoms with Gasteiger partial charge in [0.05, 0.1) is 12.8 Å². The van der Waals surface area contributed by atoms with Crippen LogP contribution in [0.4, 0.5) is 4.79 Å². The Labute approximate surface area is 110 Å². The maximum absolute atomic E-state index is 12.2. The first-order valence-corrected chi connectivity index (χ1v) is 5.34. The molecule has 19 heavy (non-hydrogen) atoms. The van der Waals surface area contributed by atoms with Crippen molar-refractivity contribution in [3.63, 3.8) is 0 Å². The van der Waals surface area contributed by atoms with Crippen LogP contribution < -0.4 is 5.48 Å². The summed E-state index contributed by atoms with van der Waals surface area (Å²) in [6, 6.07) is 0. The van der Waals surface area contributed by atoms with E-state index >= 15 is 0 Å². The topological polar surface area (TPSA) is 102 Å². The van der Waals surface area contributed by atoms with Gasteiger partial charge in [0.2, 0.25) is 0 Å². The van der Waals surface area contributed by atoms with Gasteiger partial charge in [-0.15, -0.1) is 0 Å². The molecule has 0 saturated carbocycles. The molecule has 1 aliphatic heterocycles. The quantitative estimate of drug-likeness (QED) is 0.568. The average molecular weight is 272 g/mol. The summed E-state index contributed by atoms with van der Waals surface area (Å²) in [7, 11) is 3.97. The molecule has 0 fully saturated rings. The summed E-state index contributed by atoms with van der Waals surface area (Å²) in [4.78, 5) is 33.1. The molecule has 9 nitrogen and oxygen atoms in total. The van der Waals surface area contributed by atoms with Crippen LogP contribution >= 0.6 is 0 Å². The summed E-state index contributed by atoms with van der Waals surface area (Å²) in [5.41, 5.74) is 0.895. The third-order valence-electron chi connectivity index (χ3n) is 2.62. The minimum atomic E-state index is -1.63. The number of hydroxylamine groups is 1. The van der Waals surface area contributed by atoms with E-state index in [1.165, 1.54) is 28.2 Å². The molecule has 0 spiro atoms. The smallest absolute Gasteiger partial charge is 0.431 e. The van der Waals surface area contributed by atoms with Crippen LogP contribution in [0, 0.1) is 0 Å². The zero-order chi connectivity index (χ0) is 14.6. The van der Waals surface area contributed by atoms with Gasteiger partial charge in [-0.3, -0.25) is 4.79 Å². The second-order valence-electron chi connectivity index (χ2n) is 3.75.